The molecule has 1 aliphatic rings. The molecule has 1 aliphatic heterocycles. The number of carbonyl (C=O) groups is 1. The van der Waals surface area contributed by atoms with Gasteiger partial charge in [-0.2, -0.15) is 0 Å². The average Bonchev–Trinajstić information content (AvgIpc) is 2.80. The van der Waals surface area contributed by atoms with Gasteiger partial charge in [0.2, 0.25) is 0 Å². The molecule has 1 aromatic carbocycles. The fourth-order valence-electron chi connectivity index (χ4n) is 2.83. The topological polar surface area (TPSA) is 66.6 Å². The minimum atomic E-state index is -0.757. The van der Waals surface area contributed by atoms with E-state index >= 15 is 0 Å². The molecule has 0 radical (unpaired) electrons. The molecule has 2 aromatic rings. The number of halogens is 1. The third-order valence-corrected chi connectivity index (χ3v) is 3.96. The number of carboxylic acid groups (broad SMARTS) is 1. The van der Waals surface area contributed by atoms with Gasteiger partial charge in [-0.15, -0.1) is 0 Å². The van der Waals surface area contributed by atoms with Crippen LogP contribution in [0.5, 0.6) is 0 Å². The lowest BCUT2D eigenvalue weighted by Gasteiger charge is -2.34. The molecule has 2 unspecified atom stereocenters. The number of anilines is 1. The monoisotopic (exact) mass is 294 g/mol. The van der Waals surface area contributed by atoms with E-state index in [0.717, 1.165) is 11.9 Å². The van der Waals surface area contributed by atoms with Crippen molar-refractivity contribution in [2.24, 2.45) is 11.8 Å². The molecule has 0 amide bonds. The minimum absolute atomic E-state index is 0.302. The number of carboxylic acids is 1. The molecule has 2 heterocycles. The van der Waals surface area contributed by atoms with Crippen LogP contribution < -0.4 is 4.90 Å². The van der Waals surface area contributed by atoms with Gasteiger partial charge in [0.05, 0.1) is 11.3 Å². The summed E-state index contributed by atoms with van der Waals surface area (Å²) in [5.74, 6) is -0.145. The molecule has 0 saturated carbocycles. The van der Waals surface area contributed by atoms with E-state index < -0.39 is 5.97 Å². The first-order chi connectivity index (χ1) is 9.54. The van der Waals surface area contributed by atoms with Crippen LogP contribution in [-0.4, -0.2) is 29.3 Å². The molecule has 106 valence electrons. The summed E-state index contributed by atoms with van der Waals surface area (Å²) in [4.78, 5) is 13.2. The van der Waals surface area contributed by atoms with Gasteiger partial charge in [0.1, 0.15) is 0 Å². The third-order valence-electron chi connectivity index (χ3n) is 3.72. The number of aromatic nitrogens is 1. The number of fused-ring (bicyclic) bond motifs is 1. The Labute approximate surface area is 121 Å². The predicted molar refractivity (Wildman–Crippen MR) is 76.1 cm³/mol. The second-order valence-electron chi connectivity index (χ2n) is 5.43. The van der Waals surface area contributed by atoms with Crippen molar-refractivity contribution in [2.75, 3.05) is 18.0 Å². The SMILES string of the molecule is CC1CC(C(=O)O)CN(c2noc3ccc(Cl)cc23)C1. The predicted octanol–water partition coefficient (Wildman–Crippen LogP) is 3.03. The Morgan fingerprint density at radius 2 is 2.30 bits per heavy atom. The van der Waals surface area contributed by atoms with E-state index in [1.807, 2.05) is 4.90 Å². The van der Waals surface area contributed by atoms with Crippen LogP contribution in [0, 0.1) is 11.8 Å². The second kappa shape index (κ2) is 4.98. The zero-order chi connectivity index (χ0) is 14.3. The van der Waals surface area contributed by atoms with Crippen LogP contribution in [0.4, 0.5) is 5.82 Å². The summed E-state index contributed by atoms with van der Waals surface area (Å²) in [6.45, 7) is 3.28. The molecule has 0 aliphatic carbocycles. The van der Waals surface area contributed by atoms with Crippen molar-refractivity contribution in [3.05, 3.63) is 23.2 Å². The summed E-state index contributed by atoms with van der Waals surface area (Å²) in [5.41, 5.74) is 0.662. The van der Waals surface area contributed by atoms with Gasteiger partial charge in [-0.1, -0.05) is 23.7 Å². The molecule has 3 rings (SSSR count). The van der Waals surface area contributed by atoms with Gasteiger partial charge in [0, 0.05) is 18.1 Å². The van der Waals surface area contributed by atoms with Crippen LogP contribution >= 0.6 is 11.6 Å². The van der Waals surface area contributed by atoms with Gasteiger partial charge in [-0.3, -0.25) is 4.79 Å². The fraction of sp³-hybridized carbons (Fsp3) is 0.429. The summed E-state index contributed by atoms with van der Waals surface area (Å²) >= 11 is 6.01. The van der Waals surface area contributed by atoms with Gasteiger partial charge >= 0.3 is 5.97 Å². The van der Waals surface area contributed by atoms with E-state index in [2.05, 4.69) is 12.1 Å². The van der Waals surface area contributed by atoms with Crippen LogP contribution in [0.1, 0.15) is 13.3 Å². The highest BCUT2D eigenvalue weighted by atomic mass is 35.5. The van der Waals surface area contributed by atoms with E-state index in [1.165, 1.54) is 0 Å². The number of benzene rings is 1. The zero-order valence-corrected chi connectivity index (χ0v) is 11.8. The first-order valence-electron chi connectivity index (χ1n) is 6.57. The molecule has 5 nitrogen and oxygen atoms in total. The zero-order valence-electron chi connectivity index (χ0n) is 11.0. The highest BCUT2D eigenvalue weighted by Crippen LogP contribution is 2.32. The van der Waals surface area contributed by atoms with Crippen molar-refractivity contribution in [3.63, 3.8) is 0 Å². The van der Waals surface area contributed by atoms with Crippen LogP contribution in [0.2, 0.25) is 5.02 Å². The number of aliphatic carboxylic acids is 1. The summed E-state index contributed by atoms with van der Waals surface area (Å²) in [6, 6.07) is 5.33. The molecule has 20 heavy (non-hydrogen) atoms. The quantitative estimate of drug-likeness (QED) is 0.922. The van der Waals surface area contributed by atoms with Crippen molar-refractivity contribution >= 4 is 34.4 Å². The van der Waals surface area contributed by atoms with Crippen LogP contribution in [0.3, 0.4) is 0 Å². The Kier molecular flexibility index (Phi) is 3.30. The Bertz CT molecular complexity index is 655. The second-order valence-corrected chi connectivity index (χ2v) is 5.86. The Morgan fingerprint density at radius 1 is 1.50 bits per heavy atom. The molecule has 1 N–H and O–H groups in total. The lowest BCUT2D eigenvalue weighted by atomic mass is 9.90. The largest absolute Gasteiger partial charge is 0.481 e. The summed E-state index contributed by atoms with van der Waals surface area (Å²) in [7, 11) is 0. The summed E-state index contributed by atoms with van der Waals surface area (Å²) < 4.78 is 5.29. The van der Waals surface area contributed by atoms with Crippen LogP contribution in [-0.2, 0) is 4.79 Å². The molecular weight excluding hydrogens is 280 g/mol. The van der Waals surface area contributed by atoms with Gasteiger partial charge in [-0.05, 0) is 30.5 Å². The average molecular weight is 295 g/mol. The van der Waals surface area contributed by atoms with E-state index in [9.17, 15) is 9.90 Å². The van der Waals surface area contributed by atoms with Crippen molar-refractivity contribution in [2.45, 2.75) is 13.3 Å². The molecule has 1 saturated heterocycles. The van der Waals surface area contributed by atoms with E-state index in [0.29, 0.717) is 35.3 Å². The molecule has 2 atom stereocenters. The van der Waals surface area contributed by atoms with Gasteiger partial charge in [0.25, 0.3) is 0 Å². The Morgan fingerprint density at radius 3 is 3.05 bits per heavy atom. The number of piperidine rings is 1. The third kappa shape index (κ3) is 2.33. The molecule has 6 heteroatoms. The van der Waals surface area contributed by atoms with Crippen molar-refractivity contribution < 1.29 is 14.4 Å². The van der Waals surface area contributed by atoms with Crippen molar-refractivity contribution in [1.82, 2.24) is 5.16 Å². The maximum absolute atomic E-state index is 11.2. The summed E-state index contributed by atoms with van der Waals surface area (Å²) in [6.07, 6.45) is 0.697. The standard InChI is InChI=1S/C14H15ClN2O3/c1-8-4-9(14(18)19)7-17(6-8)13-11-5-10(15)2-3-12(11)20-16-13/h2-3,5,8-9H,4,6-7H2,1H3,(H,18,19). The number of hydrogen-bond donors (Lipinski definition) is 1. The summed E-state index contributed by atoms with van der Waals surface area (Å²) in [5, 5.41) is 14.8. The van der Waals surface area contributed by atoms with Crippen molar-refractivity contribution in [3.8, 4) is 0 Å². The van der Waals surface area contributed by atoms with E-state index in [1.54, 1.807) is 18.2 Å². The number of rotatable bonds is 2. The first kappa shape index (κ1) is 13.2. The Balaban J connectivity index is 1.97. The molecular formula is C14H15ClN2O3. The van der Waals surface area contributed by atoms with E-state index in [-0.39, 0.29) is 5.92 Å². The fourth-order valence-corrected chi connectivity index (χ4v) is 3.00. The van der Waals surface area contributed by atoms with Crippen LogP contribution in [0.25, 0.3) is 11.0 Å². The highest BCUT2D eigenvalue weighted by molar-refractivity contribution is 6.31. The lowest BCUT2D eigenvalue weighted by molar-refractivity contribution is -0.142. The van der Waals surface area contributed by atoms with Crippen LogP contribution in [0.15, 0.2) is 22.7 Å². The number of hydrogen-bond acceptors (Lipinski definition) is 4. The normalized spacial score (nSPS) is 23.2. The minimum Gasteiger partial charge on any atom is -0.481 e. The molecule has 1 fully saturated rings. The highest BCUT2D eigenvalue weighted by Gasteiger charge is 2.31. The molecule has 0 spiro atoms. The first-order valence-corrected chi connectivity index (χ1v) is 6.95. The maximum Gasteiger partial charge on any atom is 0.308 e. The van der Waals surface area contributed by atoms with Gasteiger partial charge < -0.3 is 14.5 Å². The number of nitrogens with zero attached hydrogens (tertiary/aromatic N) is 2. The van der Waals surface area contributed by atoms with Gasteiger partial charge in [-0.25, -0.2) is 0 Å². The maximum atomic E-state index is 11.2. The molecule has 0 bridgehead atoms. The Hall–Kier alpha value is -1.75. The smallest absolute Gasteiger partial charge is 0.308 e. The molecule has 1 aromatic heterocycles. The lowest BCUT2D eigenvalue weighted by Crippen LogP contribution is -2.42. The van der Waals surface area contributed by atoms with E-state index in [4.69, 9.17) is 16.1 Å². The van der Waals surface area contributed by atoms with Crippen molar-refractivity contribution in [1.29, 1.82) is 0 Å². The van der Waals surface area contributed by atoms with Gasteiger partial charge in [0.15, 0.2) is 11.4 Å².